The van der Waals surface area contributed by atoms with Crippen LogP contribution in [-0.2, 0) is 9.59 Å². The first-order valence-electron chi connectivity index (χ1n) is 7.28. The van der Waals surface area contributed by atoms with Crippen molar-refractivity contribution >= 4 is 11.9 Å². The number of carboxylic acids is 1. The zero-order valence-corrected chi connectivity index (χ0v) is 12.2. The van der Waals surface area contributed by atoms with E-state index in [0.29, 0.717) is 24.2 Å². The highest BCUT2D eigenvalue weighted by molar-refractivity contribution is 5.77. The SMILES string of the molecule is CC1(C)C2CCC1(C)C(NC(=O)CCCC(=O)O)C2. The van der Waals surface area contributed by atoms with Gasteiger partial charge in [0.1, 0.15) is 0 Å². The van der Waals surface area contributed by atoms with Gasteiger partial charge in [0.05, 0.1) is 0 Å². The number of carbonyl (C=O) groups is 2. The molecule has 4 heteroatoms. The summed E-state index contributed by atoms with van der Waals surface area (Å²) < 4.78 is 0. The average molecular weight is 267 g/mol. The molecule has 0 spiro atoms. The predicted octanol–water partition coefficient (Wildman–Crippen LogP) is 2.57. The standard InChI is InChI=1S/C15H25NO3/c1-14(2)10-7-8-15(14,3)11(9-10)16-12(17)5-4-6-13(18)19/h10-11H,4-9H2,1-3H3,(H,16,17)(H,18,19). The zero-order valence-electron chi connectivity index (χ0n) is 12.2. The quantitative estimate of drug-likeness (QED) is 0.804. The van der Waals surface area contributed by atoms with E-state index < -0.39 is 5.97 Å². The summed E-state index contributed by atoms with van der Waals surface area (Å²) in [4.78, 5) is 22.3. The second-order valence-electron chi connectivity index (χ2n) is 6.98. The molecule has 0 saturated heterocycles. The van der Waals surface area contributed by atoms with E-state index in [1.807, 2.05) is 0 Å². The molecule has 3 unspecified atom stereocenters. The van der Waals surface area contributed by atoms with Gasteiger partial charge in [-0.1, -0.05) is 20.8 Å². The molecular weight excluding hydrogens is 242 g/mol. The van der Waals surface area contributed by atoms with Gasteiger partial charge in [-0.25, -0.2) is 0 Å². The van der Waals surface area contributed by atoms with Crippen LogP contribution in [0.25, 0.3) is 0 Å². The fourth-order valence-electron chi connectivity index (χ4n) is 4.09. The maximum Gasteiger partial charge on any atom is 0.303 e. The van der Waals surface area contributed by atoms with E-state index in [4.69, 9.17) is 5.11 Å². The summed E-state index contributed by atoms with van der Waals surface area (Å²) in [6.45, 7) is 6.94. The molecule has 0 aromatic rings. The van der Waals surface area contributed by atoms with Crippen LogP contribution in [0.15, 0.2) is 0 Å². The minimum Gasteiger partial charge on any atom is -0.481 e. The lowest BCUT2D eigenvalue weighted by molar-refractivity contribution is -0.137. The molecular formula is C15H25NO3. The molecule has 3 atom stereocenters. The molecule has 0 radical (unpaired) electrons. The Morgan fingerprint density at radius 3 is 2.42 bits per heavy atom. The van der Waals surface area contributed by atoms with Crippen LogP contribution < -0.4 is 5.32 Å². The van der Waals surface area contributed by atoms with Crippen LogP contribution in [0.5, 0.6) is 0 Å². The van der Waals surface area contributed by atoms with Gasteiger partial charge in [0.15, 0.2) is 0 Å². The fraction of sp³-hybridized carbons (Fsp3) is 0.867. The molecule has 4 nitrogen and oxygen atoms in total. The summed E-state index contributed by atoms with van der Waals surface area (Å²) in [6, 6.07) is 0.263. The van der Waals surface area contributed by atoms with Crippen LogP contribution in [0.3, 0.4) is 0 Å². The molecule has 2 bridgehead atoms. The van der Waals surface area contributed by atoms with E-state index in [1.54, 1.807) is 0 Å². The Hall–Kier alpha value is -1.06. The van der Waals surface area contributed by atoms with Gasteiger partial charge in [-0.15, -0.1) is 0 Å². The number of fused-ring (bicyclic) bond motifs is 2. The second kappa shape index (κ2) is 4.80. The first kappa shape index (κ1) is 14.4. The number of amides is 1. The Bertz CT molecular complexity index is 391. The molecule has 2 aliphatic rings. The maximum atomic E-state index is 11.9. The summed E-state index contributed by atoms with van der Waals surface area (Å²) in [5.74, 6) is -0.113. The monoisotopic (exact) mass is 267 g/mol. The van der Waals surface area contributed by atoms with E-state index in [1.165, 1.54) is 12.8 Å². The third-order valence-electron chi connectivity index (χ3n) is 5.92. The third kappa shape index (κ3) is 2.37. The van der Waals surface area contributed by atoms with Crippen molar-refractivity contribution in [2.45, 2.75) is 65.3 Å². The molecule has 2 rings (SSSR count). The minimum absolute atomic E-state index is 0.0100. The molecule has 0 aliphatic heterocycles. The summed E-state index contributed by atoms with van der Waals surface area (Å²) in [5.41, 5.74) is 0.492. The van der Waals surface area contributed by atoms with Crippen LogP contribution in [0.4, 0.5) is 0 Å². The van der Waals surface area contributed by atoms with Crippen molar-refractivity contribution < 1.29 is 14.7 Å². The number of rotatable bonds is 5. The fourth-order valence-corrected chi connectivity index (χ4v) is 4.09. The van der Waals surface area contributed by atoms with Crippen LogP contribution in [0, 0.1) is 16.7 Å². The molecule has 0 aromatic heterocycles. The average Bonchev–Trinajstić information content (AvgIpc) is 2.61. The molecule has 2 fully saturated rings. The van der Waals surface area contributed by atoms with E-state index in [0.717, 1.165) is 6.42 Å². The smallest absolute Gasteiger partial charge is 0.303 e. The molecule has 108 valence electrons. The first-order chi connectivity index (χ1) is 8.77. The van der Waals surface area contributed by atoms with E-state index in [2.05, 4.69) is 26.1 Å². The van der Waals surface area contributed by atoms with Crippen molar-refractivity contribution in [2.24, 2.45) is 16.7 Å². The molecule has 0 heterocycles. The Morgan fingerprint density at radius 2 is 1.95 bits per heavy atom. The van der Waals surface area contributed by atoms with Gasteiger partial charge in [-0.05, 0) is 42.4 Å². The topological polar surface area (TPSA) is 66.4 Å². The molecule has 2 saturated carbocycles. The van der Waals surface area contributed by atoms with Crippen LogP contribution >= 0.6 is 0 Å². The lowest BCUT2D eigenvalue weighted by Gasteiger charge is -2.39. The molecule has 1 amide bonds. The maximum absolute atomic E-state index is 11.9. The highest BCUT2D eigenvalue weighted by Crippen LogP contribution is 2.65. The number of carboxylic acid groups (broad SMARTS) is 1. The van der Waals surface area contributed by atoms with E-state index in [9.17, 15) is 9.59 Å². The van der Waals surface area contributed by atoms with Crippen LogP contribution in [0.1, 0.15) is 59.3 Å². The Labute approximate surface area is 115 Å². The van der Waals surface area contributed by atoms with Crippen LogP contribution in [-0.4, -0.2) is 23.0 Å². The van der Waals surface area contributed by atoms with Crippen LogP contribution in [0.2, 0.25) is 0 Å². The first-order valence-corrected chi connectivity index (χ1v) is 7.28. The summed E-state index contributed by atoms with van der Waals surface area (Å²) >= 11 is 0. The highest BCUT2D eigenvalue weighted by Gasteiger charge is 2.61. The Morgan fingerprint density at radius 1 is 1.26 bits per heavy atom. The number of hydrogen-bond acceptors (Lipinski definition) is 2. The van der Waals surface area contributed by atoms with Gasteiger partial charge >= 0.3 is 5.97 Å². The number of carbonyl (C=O) groups excluding carboxylic acids is 1. The van der Waals surface area contributed by atoms with Crippen molar-refractivity contribution in [2.75, 3.05) is 0 Å². The van der Waals surface area contributed by atoms with Gasteiger partial charge in [-0.3, -0.25) is 9.59 Å². The highest BCUT2D eigenvalue weighted by atomic mass is 16.4. The van der Waals surface area contributed by atoms with Gasteiger partial charge in [0, 0.05) is 18.9 Å². The van der Waals surface area contributed by atoms with Crippen molar-refractivity contribution in [1.29, 1.82) is 0 Å². The third-order valence-corrected chi connectivity index (χ3v) is 5.92. The van der Waals surface area contributed by atoms with Gasteiger partial charge in [0.25, 0.3) is 0 Å². The van der Waals surface area contributed by atoms with Crippen molar-refractivity contribution in [1.82, 2.24) is 5.32 Å². The lowest BCUT2D eigenvalue weighted by atomic mass is 9.69. The number of nitrogens with one attached hydrogen (secondary N) is 1. The number of aliphatic carboxylic acids is 1. The zero-order chi connectivity index (χ0) is 14.3. The van der Waals surface area contributed by atoms with Crippen molar-refractivity contribution in [3.05, 3.63) is 0 Å². The van der Waals surface area contributed by atoms with Gasteiger partial charge < -0.3 is 10.4 Å². The van der Waals surface area contributed by atoms with Crippen molar-refractivity contribution in [3.8, 4) is 0 Å². The summed E-state index contributed by atoms with van der Waals surface area (Å²) in [5, 5.41) is 11.7. The largest absolute Gasteiger partial charge is 0.481 e. The predicted molar refractivity (Wildman–Crippen MR) is 72.6 cm³/mol. The van der Waals surface area contributed by atoms with Gasteiger partial charge in [-0.2, -0.15) is 0 Å². The second-order valence-corrected chi connectivity index (χ2v) is 6.98. The molecule has 19 heavy (non-hydrogen) atoms. The summed E-state index contributed by atoms with van der Waals surface area (Å²) in [7, 11) is 0. The number of hydrogen-bond donors (Lipinski definition) is 2. The molecule has 2 aliphatic carbocycles. The Balaban J connectivity index is 1.88. The van der Waals surface area contributed by atoms with E-state index >= 15 is 0 Å². The Kier molecular flexibility index (Phi) is 3.63. The van der Waals surface area contributed by atoms with Crippen molar-refractivity contribution in [3.63, 3.8) is 0 Å². The minimum atomic E-state index is -0.833. The summed E-state index contributed by atoms with van der Waals surface area (Å²) in [6.07, 6.45) is 4.36. The van der Waals surface area contributed by atoms with E-state index in [-0.39, 0.29) is 23.8 Å². The lowest BCUT2D eigenvalue weighted by Crippen LogP contribution is -2.46. The van der Waals surface area contributed by atoms with Gasteiger partial charge in [0.2, 0.25) is 5.91 Å². The normalized spacial score (nSPS) is 35.3. The molecule has 0 aromatic carbocycles. The molecule has 2 N–H and O–H groups in total.